The molecular weight excluding hydrogens is 488 g/mol. The molecule has 2 aromatic carbocycles. The van der Waals surface area contributed by atoms with Crippen LogP contribution in [0.5, 0.6) is 0 Å². The van der Waals surface area contributed by atoms with Crippen molar-refractivity contribution in [2.45, 2.75) is 57.7 Å². The molecule has 3 heterocycles. The third-order valence-corrected chi connectivity index (χ3v) is 7.96. The average Bonchev–Trinajstić information content (AvgIpc) is 3.47. The van der Waals surface area contributed by atoms with Gasteiger partial charge in [-0.15, -0.1) is 0 Å². The quantitative estimate of drug-likeness (QED) is 0.280. The predicted octanol–water partition coefficient (Wildman–Crippen LogP) is 7.14. The highest BCUT2D eigenvalue weighted by Crippen LogP contribution is 2.40. The van der Waals surface area contributed by atoms with Crippen LogP contribution in [-0.4, -0.2) is 34.7 Å². The van der Waals surface area contributed by atoms with Gasteiger partial charge in [0.1, 0.15) is 17.6 Å². The van der Waals surface area contributed by atoms with E-state index in [4.69, 9.17) is 30.6 Å². The second kappa shape index (κ2) is 9.88. The summed E-state index contributed by atoms with van der Waals surface area (Å²) in [5.74, 6) is 1.83. The van der Waals surface area contributed by atoms with E-state index in [1.165, 1.54) is 0 Å². The van der Waals surface area contributed by atoms with Crippen molar-refractivity contribution in [1.29, 1.82) is 0 Å². The summed E-state index contributed by atoms with van der Waals surface area (Å²) in [7, 11) is 1.82. The fourth-order valence-corrected chi connectivity index (χ4v) is 5.96. The number of methoxy groups -OCH3 is 1. The lowest BCUT2D eigenvalue weighted by molar-refractivity contribution is 0.0584. The first-order chi connectivity index (χ1) is 18.0. The molecule has 0 amide bonds. The maximum atomic E-state index is 6.19. The number of halogens is 1. The van der Waals surface area contributed by atoms with Crippen molar-refractivity contribution in [1.82, 2.24) is 14.7 Å². The minimum absolute atomic E-state index is 0.0787. The Hall–Kier alpha value is -3.29. The molecule has 0 bridgehead atoms. The summed E-state index contributed by atoms with van der Waals surface area (Å²) in [5, 5.41) is 4.87. The van der Waals surface area contributed by atoms with Gasteiger partial charge >= 0.3 is 0 Å². The maximum Gasteiger partial charge on any atom is 0.161 e. The van der Waals surface area contributed by atoms with Crippen molar-refractivity contribution in [3.05, 3.63) is 77.1 Å². The zero-order valence-corrected chi connectivity index (χ0v) is 22.1. The summed E-state index contributed by atoms with van der Waals surface area (Å²) in [6.07, 6.45) is 8.40. The van der Waals surface area contributed by atoms with Crippen LogP contribution in [0, 0.1) is 13.8 Å². The number of aryl methyl sites for hydroxylation is 2. The Morgan fingerprint density at radius 2 is 1.81 bits per heavy atom. The van der Waals surface area contributed by atoms with Crippen LogP contribution in [0.3, 0.4) is 0 Å². The van der Waals surface area contributed by atoms with Crippen molar-refractivity contribution in [2.75, 3.05) is 18.7 Å². The fourth-order valence-electron chi connectivity index (χ4n) is 5.83. The standard InChI is InChI=1S/C29H31ClN4O3/c1-18-28(19(2)37-32-18)20-4-13-26-25(16-20)31-29(34(26)23-9-11-24(35-3)12-10-23)27-14-15-36-17-33(27)22-7-5-21(30)6-8-22/h4-8,13-16,23-24,27H,9-12,17H2,1-3H3/t23?,24?,27-/m0/s1. The Morgan fingerprint density at radius 3 is 2.51 bits per heavy atom. The molecule has 1 aliphatic carbocycles. The van der Waals surface area contributed by atoms with Crippen LogP contribution in [-0.2, 0) is 9.47 Å². The molecule has 37 heavy (non-hydrogen) atoms. The molecule has 2 aliphatic rings. The molecule has 2 aromatic heterocycles. The maximum absolute atomic E-state index is 6.19. The van der Waals surface area contributed by atoms with Gasteiger partial charge in [-0.25, -0.2) is 4.98 Å². The zero-order chi connectivity index (χ0) is 25.5. The van der Waals surface area contributed by atoms with E-state index >= 15 is 0 Å². The van der Waals surface area contributed by atoms with Gasteiger partial charge in [-0.1, -0.05) is 22.8 Å². The largest absolute Gasteiger partial charge is 0.481 e. The number of rotatable bonds is 5. The molecule has 0 unspecified atom stereocenters. The number of anilines is 1. The molecule has 0 N–H and O–H groups in total. The van der Waals surface area contributed by atoms with E-state index in [1.807, 2.05) is 45.2 Å². The van der Waals surface area contributed by atoms with E-state index < -0.39 is 0 Å². The third kappa shape index (κ3) is 4.40. The highest BCUT2D eigenvalue weighted by Gasteiger charge is 2.32. The summed E-state index contributed by atoms with van der Waals surface area (Å²) in [5.41, 5.74) is 6.14. The highest BCUT2D eigenvalue weighted by molar-refractivity contribution is 6.30. The number of aromatic nitrogens is 3. The molecule has 1 saturated carbocycles. The Kier molecular flexibility index (Phi) is 6.42. The summed E-state index contributed by atoms with van der Waals surface area (Å²) in [4.78, 5) is 7.51. The number of benzene rings is 2. The lowest BCUT2D eigenvalue weighted by atomic mass is 9.92. The molecule has 1 aliphatic heterocycles. The van der Waals surface area contributed by atoms with E-state index in [9.17, 15) is 0 Å². The number of fused-ring (bicyclic) bond motifs is 1. The first kappa shape index (κ1) is 24.1. The Labute approximate surface area is 221 Å². The lowest BCUT2D eigenvalue weighted by Crippen LogP contribution is -2.34. The molecule has 0 radical (unpaired) electrons. The smallest absolute Gasteiger partial charge is 0.161 e. The summed E-state index contributed by atoms with van der Waals surface area (Å²) < 4.78 is 19.3. The van der Waals surface area contributed by atoms with Crippen molar-refractivity contribution in [2.24, 2.45) is 0 Å². The first-order valence-corrected chi connectivity index (χ1v) is 13.2. The lowest BCUT2D eigenvalue weighted by Gasteiger charge is -2.36. The topological polar surface area (TPSA) is 65.6 Å². The van der Waals surface area contributed by atoms with E-state index in [0.717, 1.165) is 70.8 Å². The van der Waals surface area contributed by atoms with Gasteiger partial charge in [0.15, 0.2) is 6.73 Å². The highest BCUT2D eigenvalue weighted by atomic mass is 35.5. The van der Waals surface area contributed by atoms with Crippen LogP contribution in [0.2, 0.25) is 5.02 Å². The summed E-state index contributed by atoms with van der Waals surface area (Å²) in [6, 6.07) is 14.7. The minimum atomic E-state index is -0.0787. The molecule has 1 fully saturated rings. The van der Waals surface area contributed by atoms with Crippen LogP contribution >= 0.6 is 11.6 Å². The van der Waals surface area contributed by atoms with E-state index in [2.05, 4.69) is 38.9 Å². The van der Waals surface area contributed by atoms with Crippen LogP contribution in [0.25, 0.3) is 22.2 Å². The Morgan fingerprint density at radius 1 is 1.03 bits per heavy atom. The zero-order valence-electron chi connectivity index (χ0n) is 21.4. The van der Waals surface area contributed by atoms with E-state index in [1.54, 1.807) is 6.26 Å². The van der Waals surface area contributed by atoms with Gasteiger partial charge in [0, 0.05) is 29.4 Å². The SMILES string of the molecule is COC1CCC(n2c([C@@H]3C=COCN3c3ccc(Cl)cc3)nc3cc(-c4c(C)noc4C)ccc32)CC1. The van der Waals surface area contributed by atoms with E-state index in [-0.39, 0.29) is 6.04 Å². The number of imidazole rings is 1. The van der Waals surface area contributed by atoms with Gasteiger partial charge in [0.2, 0.25) is 0 Å². The fraction of sp³-hybridized carbons (Fsp3) is 0.379. The Bertz CT molecular complexity index is 1410. The number of ether oxygens (including phenoxy) is 2. The van der Waals surface area contributed by atoms with Crippen LogP contribution in [0.1, 0.15) is 55.0 Å². The Balaban J connectivity index is 1.48. The number of hydrogen-bond donors (Lipinski definition) is 0. The van der Waals surface area contributed by atoms with Crippen LogP contribution in [0.15, 0.2) is 59.3 Å². The van der Waals surface area contributed by atoms with Gasteiger partial charge in [-0.2, -0.15) is 0 Å². The normalized spacial score (nSPS) is 21.9. The molecule has 7 nitrogen and oxygen atoms in total. The summed E-state index contributed by atoms with van der Waals surface area (Å²) >= 11 is 6.19. The van der Waals surface area contributed by atoms with E-state index in [0.29, 0.717) is 23.9 Å². The average molecular weight is 519 g/mol. The monoisotopic (exact) mass is 518 g/mol. The van der Waals surface area contributed by atoms with Crippen molar-refractivity contribution < 1.29 is 14.0 Å². The van der Waals surface area contributed by atoms with Crippen LogP contribution < -0.4 is 4.90 Å². The van der Waals surface area contributed by atoms with Crippen molar-refractivity contribution >= 4 is 28.3 Å². The van der Waals surface area contributed by atoms with Crippen molar-refractivity contribution in [3.63, 3.8) is 0 Å². The molecule has 192 valence electrons. The molecule has 1 atom stereocenters. The molecule has 0 saturated heterocycles. The number of hydrogen-bond acceptors (Lipinski definition) is 6. The van der Waals surface area contributed by atoms with Crippen molar-refractivity contribution in [3.8, 4) is 11.1 Å². The molecule has 8 heteroatoms. The third-order valence-electron chi connectivity index (χ3n) is 7.71. The second-order valence-electron chi connectivity index (χ2n) is 9.92. The molecular formula is C29H31ClN4O3. The van der Waals surface area contributed by atoms with Gasteiger partial charge in [0.25, 0.3) is 0 Å². The van der Waals surface area contributed by atoms with Gasteiger partial charge in [-0.3, -0.25) is 0 Å². The van der Waals surface area contributed by atoms with Gasteiger partial charge in [-0.05, 0) is 87.6 Å². The minimum Gasteiger partial charge on any atom is -0.481 e. The molecule has 6 rings (SSSR count). The van der Waals surface area contributed by atoms with Crippen LogP contribution in [0.4, 0.5) is 5.69 Å². The summed E-state index contributed by atoms with van der Waals surface area (Å²) in [6.45, 7) is 4.37. The molecule has 4 aromatic rings. The van der Waals surface area contributed by atoms with Gasteiger partial charge in [0.05, 0.1) is 29.1 Å². The number of nitrogens with zero attached hydrogens (tertiary/aromatic N) is 4. The first-order valence-electron chi connectivity index (χ1n) is 12.8. The second-order valence-corrected chi connectivity index (χ2v) is 10.4. The van der Waals surface area contributed by atoms with Gasteiger partial charge < -0.3 is 23.5 Å². The predicted molar refractivity (Wildman–Crippen MR) is 145 cm³/mol. The molecule has 0 spiro atoms.